The molecule has 0 bridgehead atoms. The lowest BCUT2D eigenvalue weighted by Gasteiger charge is -2.29. The highest BCUT2D eigenvalue weighted by Crippen LogP contribution is 2.26. The predicted molar refractivity (Wildman–Crippen MR) is 61.7 cm³/mol. The van der Waals surface area contributed by atoms with E-state index in [9.17, 15) is 4.79 Å². The van der Waals surface area contributed by atoms with Crippen molar-refractivity contribution in [2.75, 3.05) is 6.54 Å². The fourth-order valence-electron chi connectivity index (χ4n) is 2.68. The molecule has 1 saturated heterocycles. The number of hydrogen-bond donors (Lipinski definition) is 1. The molecular weight excluding hydrogens is 200 g/mol. The van der Waals surface area contributed by atoms with E-state index in [0.717, 1.165) is 32.5 Å². The monoisotopic (exact) mass is 216 g/mol. The summed E-state index contributed by atoms with van der Waals surface area (Å²) in [4.78, 5) is 14.1. The van der Waals surface area contributed by atoms with Crippen LogP contribution in [0.2, 0.25) is 0 Å². The molecule has 2 aliphatic rings. The second kappa shape index (κ2) is 3.91. The topological polar surface area (TPSA) is 32.3 Å². The molecule has 0 spiro atoms. The normalized spacial score (nSPS) is 25.2. The van der Waals surface area contributed by atoms with Gasteiger partial charge < -0.3 is 5.32 Å². The van der Waals surface area contributed by atoms with Crippen LogP contribution in [0.1, 0.15) is 24.0 Å². The zero-order chi connectivity index (χ0) is 11.0. The number of carbonyl (C=O) groups excluding carboxylic acids is 1. The van der Waals surface area contributed by atoms with Gasteiger partial charge in [-0.1, -0.05) is 24.3 Å². The minimum Gasteiger partial charge on any atom is -0.355 e. The minimum atomic E-state index is 0.0844. The maximum Gasteiger partial charge on any atom is 0.237 e. The van der Waals surface area contributed by atoms with E-state index in [1.54, 1.807) is 0 Å². The van der Waals surface area contributed by atoms with Gasteiger partial charge in [-0.2, -0.15) is 0 Å². The van der Waals surface area contributed by atoms with Crippen molar-refractivity contribution in [2.45, 2.75) is 32.0 Å². The first-order valence-electron chi connectivity index (χ1n) is 5.93. The number of benzene rings is 1. The number of piperidine rings is 1. The summed E-state index contributed by atoms with van der Waals surface area (Å²) in [5.41, 5.74) is 2.75. The van der Waals surface area contributed by atoms with Crippen molar-refractivity contribution < 1.29 is 4.79 Å². The molecule has 2 heterocycles. The molecule has 3 rings (SSSR count). The van der Waals surface area contributed by atoms with Crippen LogP contribution >= 0.6 is 0 Å². The molecule has 0 saturated carbocycles. The van der Waals surface area contributed by atoms with E-state index >= 15 is 0 Å². The Morgan fingerprint density at radius 1 is 1.19 bits per heavy atom. The smallest absolute Gasteiger partial charge is 0.237 e. The maximum absolute atomic E-state index is 11.8. The average molecular weight is 216 g/mol. The summed E-state index contributed by atoms with van der Waals surface area (Å²) < 4.78 is 0. The highest BCUT2D eigenvalue weighted by Gasteiger charge is 2.31. The van der Waals surface area contributed by atoms with Crippen molar-refractivity contribution in [3.8, 4) is 0 Å². The molecule has 0 radical (unpaired) electrons. The van der Waals surface area contributed by atoms with E-state index in [1.807, 2.05) is 0 Å². The maximum atomic E-state index is 11.8. The highest BCUT2D eigenvalue weighted by atomic mass is 16.2. The number of nitrogens with one attached hydrogen (secondary N) is 1. The van der Waals surface area contributed by atoms with E-state index in [4.69, 9.17) is 0 Å². The molecule has 1 aromatic carbocycles. The average Bonchev–Trinajstić information content (AvgIpc) is 2.73. The van der Waals surface area contributed by atoms with Crippen LogP contribution in [-0.4, -0.2) is 23.4 Å². The lowest BCUT2D eigenvalue weighted by molar-refractivity contribution is -0.128. The van der Waals surface area contributed by atoms with Gasteiger partial charge in [-0.15, -0.1) is 0 Å². The van der Waals surface area contributed by atoms with Gasteiger partial charge in [0.1, 0.15) is 0 Å². The van der Waals surface area contributed by atoms with Crippen LogP contribution < -0.4 is 5.32 Å². The molecule has 0 aromatic heterocycles. The van der Waals surface area contributed by atoms with Crippen LogP contribution in [0.15, 0.2) is 24.3 Å². The highest BCUT2D eigenvalue weighted by molar-refractivity contribution is 5.82. The van der Waals surface area contributed by atoms with E-state index in [1.165, 1.54) is 11.1 Å². The second-order valence-electron chi connectivity index (χ2n) is 4.62. The lowest BCUT2D eigenvalue weighted by Crippen LogP contribution is -2.48. The minimum absolute atomic E-state index is 0.0844. The molecule has 1 amide bonds. The van der Waals surface area contributed by atoms with E-state index in [2.05, 4.69) is 34.5 Å². The first-order valence-corrected chi connectivity index (χ1v) is 5.93. The molecule has 1 aromatic rings. The third kappa shape index (κ3) is 1.61. The van der Waals surface area contributed by atoms with Crippen LogP contribution in [-0.2, 0) is 17.9 Å². The molecule has 1 unspecified atom stereocenters. The molecule has 2 aliphatic heterocycles. The second-order valence-corrected chi connectivity index (χ2v) is 4.62. The standard InChI is InChI=1S/C13H16N2O/c16-13-12(6-3-7-14-13)15-8-10-4-1-2-5-11(10)9-15/h1-2,4-5,12H,3,6-9H2,(H,14,16). The number of fused-ring (bicyclic) bond motifs is 1. The number of nitrogens with zero attached hydrogens (tertiary/aromatic N) is 1. The molecule has 1 fully saturated rings. The van der Waals surface area contributed by atoms with Crippen molar-refractivity contribution in [1.29, 1.82) is 0 Å². The largest absolute Gasteiger partial charge is 0.355 e. The fourth-order valence-corrected chi connectivity index (χ4v) is 2.68. The molecule has 1 atom stereocenters. The molecule has 1 N–H and O–H groups in total. The van der Waals surface area contributed by atoms with Crippen LogP contribution in [0, 0.1) is 0 Å². The summed E-state index contributed by atoms with van der Waals surface area (Å²) in [6.07, 6.45) is 2.10. The quantitative estimate of drug-likeness (QED) is 0.767. The summed E-state index contributed by atoms with van der Waals surface area (Å²) in [7, 11) is 0. The van der Waals surface area contributed by atoms with Gasteiger partial charge >= 0.3 is 0 Å². The van der Waals surface area contributed by atoms with Crippen molar-refractivity contribution >= 4 is 5.91 Å². The molecule has 84 valence electrons. The number of rotatable bonds is 1. The zero-order valence-corrected chi connectivity index (χ0v) is 9.28. The molecule has 16 heavy (non-hydrogen) atoms. The Morgan fingerprint density at radius 3 is 2.50 bits per heavy atom. The van der Waals surface area contributed by atoms with Crippen molar-refractivity contribution in [1.82, 2.24) is 10.2 Å². The Balaban J connectivity index is 1.77. The van der Waals surface area contributed by atoms with Gasteiger partial charge in [0.2, 0.25) is 5.91 Å². The van der Waals surface area contributed by atoms with Crippen molar-refractivity contribution in [3.63, 3.8) is 0 Å². The molecular formula is C13H16N2O. The first-order chi connectivity index (χ1) is 7.84. The summed E-state index contributed by atoms with van der Waals surface area (Å²) in [5, 5.41) is 2.96. The summed E-state index contributed by atoms with van der Waals surface area (Å²) >= 11 is 0. The lowest BCUT2D eigenvalue weighted by atomic mass is 10.1. The van der Waals surface area contributed by atoms with Crippen molar-refractivity contribution in [3.05, 3.63) is 35.4 Å². The number of amides is 1. The van der Waals surface area contributed by atoms with Crippen LogP contribution in [0.5, 0.6) is 0 Å². The van der Waals surface area contributed by atoms with Gasteiger partial charge in [0.25, 0.3) is 0 Å². The Bertz CT molecular complexity index is 391. The predicted octanol–water partition coefficient (Wildman–Crippen LogP) is 1.28. The summed E-state index contributed by atoms with van der Waals surface area (Å²) in [6.45, 7) is 2.69. The third-order valence-electron chi connectivity index (χ3n) is 3.56. The van der Waals surface area contributed by atoms with Gasteiger partial charge in [0, 0.05) is 19.6 Å². The van der Waals surface area contributed by atoms with Crippen LogP contribution in [0.25, 0.3) is 0 Å². The summed E-state index contributed by atoms with van der Waals surface area (Å²) in [6, 6.07) is 8.56. The van der Waals surface area contributed by atoms with Gasteiger partial charge in [-0.05, 0) is 24.0 Å². The first kappa shape index (κ1) is 9.85. The number of hydrogen-bond acceptors (Lipinski definition) is 2. The van der Waals surface area contributed by atoms with E-state index in [0.29, 0.717) is 0 Å². The Kier molecular flexibility index (Phi) is 2.40. The molecule has 3 nitrogen and oxygen atoms in total. The van der Waals surface area contributed by atoms with Crippen LogP contribution in [0.3, 0.4) is 0 Å². The molecule has 0 aliphatic carbocycles. The van der Waals surface area contributed by atoms with Crippen LogP contribution in [0.4, 0.5) is 0 Å². The third-order valence-corrected chi connectivity index (χ3v) is 3.56. The van der Waals surface area contributed by atoms with E-state index < -0.39 is 0 Å². The van der Waals surface area contributed by atoms with Gasteiger partial charge in [-0.3, -0.25) is 9.69 Å². The summed E-state index contributed by atoms with van der Waals surface area (Å²) in [5.74, 6) is 0.207. The van der Waals surface area contributed by atoms with Crippen molar-refractivity contribution in [2.24, 2.45) is 0 Å². The Morgan fingerprint density at radius 2 is 1.88 bits per heavy atom. The van der Waals surface area contributed by atoms with Gasteiger partial charge in [-0.25, -0.2) is 0 Å². The number of carbonyl (C=O) groups is 1. The zero-order valence-electron chi connectivity index (χ0n) is 9.28. The van der Waals surface area contributed by atoms with E-state index in [-0.39, 0.29) is 11.9 Å². The Labute approximate surface area is 95.4 Å². The Hall–Kier alpha value is -1.35. The SMILES string of the molecule is O=C1NCCCC1N1Cc2ccccc2C1. The van der Waals surface area contributed by atoms with Gasteiger partial charge in [0.15, 0.2) is 0 Å². The van der Waals surface area contributed by atoms with Gasteiger partial charge in [0.05, 0.1) is 6.04 Å². The molecule has 3 heteroatoms. The fraction of sp³-hybridized carbons (Fsp3) is 0.462.